The molecule has 0 atom stereocenters. The van der Waals surface area contributed by atoms with Crippen LogP contribution < -0.4 is 5.32 Å². The van der Waals surface area contributed by atoms with Crippen LogP contribution in [0.1, 0.15) is 33.3 Å². The van der Waals surface area contributed by atoms with E-state index in [4.69, 9.17) is 4.42 Å². The largest absolute Gasteiger partial charge is 0.444 e. The molecule has 0 aliphatic carbocycles. The van der Waals surface area contributed by atoms with Crippen molar-refractivity contribution in [3.8, 4) is 0 Å². The normalized spacial score (nSPS) is 10.5. The summed E-state index contributed by atoms with van der Waals surface area (Å²) in [7, 11) is 0. The third kappa shape index (κ3) is 3.17. The van der Waals surface area contributed by atoms with Crippen LogP contribution in [0, 0.1) is 20.8 Å². The Labute approximate surface area is 117 Å². The first kappa shape index (κ1) is 13.7. The van der Waals surface area contributed by atoms with E-state index in [0.717, 1.165) is 21.9 Å². The highest BCUT2D eigenvalue weighted by atomic mass is 32.1. The molecule has 1 heterocycles. The Morgan fingerprint density at radius 2 is 2.11 bits per heavy atom. The maximum absolute atomic E-state index is 12.1. The van der Waals surface area contributed by atoms with Gasteiger partial charge in [-0.1, -0.05) is 6.07 Å². The smallest absolute Gasteiger partial charge is 0.252 e. The van der Waals surface area contributed by atoms with Crippen LogP contribution in [0.15, 0.2) is 27.5 Å². The molecule has 0 spiro atoms. The second kappa shape index (κ2) is 5.48. The van der Waals surface area contributed by atoms with Crippen molar-refractivity contribution in [2.45, 2.75) is 32.2 Å². The molecule has 1 amide bonds. The van der Waals surface area contributed by atoms with Crippen LogP contribution in [0.4, 0.5) is 0 Å². The Bertz CT molecular complexity index is 600. The van der Waals surface area contributed by atoms with Gasteiger partial charge in [0.1, 0.15) is 5.76 Å². The molecule has 1 aromatic carbocycles. The number of hydrogen-bond acceptors (Lipinski definition) is 4. The molecule has 0 unspecified atom stereocenters. The van der Waals surface area contributed by atoms with Crippen molar-refractivity contribution in [3.05, 3.63) is 46.7 Å². The number of carbonyl (C=O) groups excluding carboxylic acids is 1. The fourth-order valence-corrected chi connectivity index (χ4v) is 1.92. The number of amides is 1. The van der Waals surface area contributed by atoms with Crippen molar-refractivity contribution >= 4 is 18.5 Å². The molecule has 1 N–H and O–H groups in total. The van der Waals surface area contributed by atoms with Crippen LogP contribution >= 0.6 is 12.6 Å². The Morgan fingerprint density at radius 3 is 2.74 bits per heavy atom. The molecule has 5 heteroatoms. The molecular formula is C14H16N2O2S. The topological polar surface area (TPSA) is 55.1 Å². The van der Waals surface area contributed by atoms with Crippen LogP contribution in [0.5, 0.6) is 0 Å². The number of hydrogen-bond donors (Lipinski definition) is 2. The van der Waals surface area contributed by atoms with Crippen molar-refractivity contribution < 1.29 is 9.21 Å². The van der Waals surface area contributed by atoms with Gasteiger partial charge in [-0.05, 0) is 38.5 Å². The lowest BCUT2D eigenvalue weighted by atomic mass is 10.1. The maximum Gasteiger partial charge on any atom is 0.252 e. The third-order valence-electron chi connectivity index (χ3n) is 2.94. The van der Waals surface area contributed by atoms with E-state index in [2.05, 4.69) is 22.9 Å². The van der Waals surface area contributed by atoms with E-state index in [-0.39, 0.29) is 12.5 Å². The van der Waals surface area contributed by atoms with Crippen molar-refractivity contribution in [3.63, 3.8) is 0 Å². The summed E-state index contributed by atoms with van der Waals surface area (Å²) in [5, 5.41) is 2.79. The van der Waals surface area contributed by atoms with Crippen LogP contribution in [-0.4, -0.2) is 10.9 Å². The van der Waals surface area contributed by atoms with E-state index in [1.807, 2.05) is 32.9 Å². The standard InChI is InChI=1S/C14H16N2O2S/c1-8-4-5-11(19)6-12(8)14(17)15-7-13-16-9(2)10(3)18-13/h4-6,19H,7H2,1-3H3,(H,15,17). The average molecular weight is 276 g/mol. The lowest BCUT2D eigenvalue weighted by Gasteiger charge is -2.06. The number of rotatable bonds is 3. The molecule has 100 valence electrons. The van der Waals surface area contributed by atoms with Gasteiger partial charge in [-0.2, -0.15) is 0 Å². The molecule has 4 nitrogen and oxygen atoms in total. The zero-order valence-corrected chi connectivity index (χ0v) is 12.0. The van der Waals surface area contributed by atoms with Crippen molar-refractivity contribution in [1.29, 1.82) is 0 Å². The minimum absolute atomic E-state index is 0.151. The van der Waals surface area contributed by atoms with Gasteiger partial charge in [0, 0.05) is 10.5 Å². The van der Waals surface area contributed by atoms with Gasteiger partial charge in [0.2, 0.25) is 5.89 Å². The number of oxazole rings is 1. The molecule has 2 aromatic rings. The minimum Gasteiger partial charge on any atom is -0.444 e. The fourth-order valence-electron chi connectivity index (χ4n) is 1.72. The summed E-state index contributed by atoms with van der Waals surface area (Å²) in [6, 6.07) is 5.48. The zero-order valence-electron chi connectivity index (χ0n) is 11.2. The first-order valence-corrected chi connectivity index (χ1v) is 6.43. The number of aryl methyl sites for hydroxylation is 3. The van der Waals surface area contributed by atoms with E-state index >= 15 is 0 Å². The average Bonchev–Trinajstić information content (AvgIpc) is 2.69. The first-order chi connectivity index (χ1) is 8.97. The van der Waals surface area contributed by atoms with E-state index < -0.39 is 0 Å². The van der Waals surface area contributed by atoms with Crippen LogP contribution in [0.3, 0.4) is 0 Å². The summed E-state index contributed by atoms with van der Waals surface area (Å²) in [6.07, 6.45) is 0. The number of carbonyl (C=O) groups is 1. The predicted octanol–water partition coefficient (Wildman–Crippen LogP) is 2.82. The number of benzene rings is 1. The molecule has 0 fully saturated rings. The van der Waals surface area contributed by atoms with Gasteiger partial charge >= 0.3 is 0 Å². The van der Waals surface area contributed by atoms with Gasteiger partial charge < -0.3 is 9.73 Å². The Morgan fingerprint density at radius 1 is 1.37 bits per heavy atom. The quantitative estimate of drug-likeness (QED) is 0.848. The molecule has 0 bridgehead atoms. The Balaban J connectivity index is 2.07. The molecule has 2 rings (SSSR count). The minimum atomic E-state index is -0.151. The lowest BCUT2D eigenvalue weighted by molar-refractivity contribution is 0.0946. The summed E-state index contributed by atoms with van der Waals surface area (Å²) in [5.74, 6) is 1.14. The SMILES string of the molecule is Cc1ccc(S)cc1C(=O)NCc1nc(C)c(C)o1. The van der Waals surface area contributed by atoms with E-state index in [1.165, 1.54) is 0 Å². The molecule has 0 aliphatic rings. The van der Waals surface area contributed by atoms with Crippen LogP contribution in [0.2, 0.25) is 0 Å². The number of nitrogens with one attached hydrogen (secondary N) is 1. The highest BCUT2D eigenvalue weighted by molar-refractivity contribution is 7.80. The predicted molar refractivity (Wildman–Crippen MR) is 75.6 cm³/mol. The van der Waals surface area contributed by atoms with E-state index in [9.17, 15) is 4.79 Å². The van der Waals surface area contributed by atoms with Crippen LogP contribution in [0.25, 0.3) is 0 Å². The molecule has 1 aromatic heterocycles. The second-order valence-electron chi connectivity index (χ2n) is 4.43. The molecule has 0 aliphatic heterocycles. The van der Waals surface area contributed by atoms with Crippen molar-refractivity contribution in [2.24, 2.45) is 0 Å². The zero-order chi connectivity index (χ0) is 14.0. The highest BCUT2D eigenvalue weighted by Crippen LogP contribution is 2.14. The molecule has 0 saturated carbocycles. The summed E-state index contributed by atoms with van der Waals surface area (Å²) in [6.45, 7) is 5.90. The van der Waals surface area contributed by atoms with Gasteiger partial charge in [-0.3, -0.25) is 4.79 Å². The third-order valence-corrected chi connectivity index (χ3v) is 3.22. The van der Waals surface area contributed by atoms with Crippen molar-refractivity contribution in [2.75, 3.05) is 0 Å². The maximum atomic E-state index is 12.1. The van der Waals surface area contributed by atoms with Gasteiger partial charge in [0.05, 0.1) is 12.2 Å². The van der Waals surface area contributed by atoms with Crippen LogP contribution in [-0.2, 0) is 6.54 Å². The van der Waals surface area contributed by atoms with Gasteiger partial charge in [0.15, 0.2) is 0 Å². The summed E-state index contributed by atoms with van der Waals surface area (Å²) in [5.41, 5.74) is 2.38. The van der Waals surface area contributed by atoms with Gasteiger partial charge in [0.25, 0.3) is 5.91 Å². The molecule has 0 saturated heterocycles. The molecule has 19 heavy (non-hydrogen) atoms. The summed E-state index contributed by atoms with van der Waals surface area (Å²) >= 11 is 4.24. The van der Waals surface area contributed by atoms with Gasteiger partial charge in [-0.15, -0.1) is 12.6 Å². The number of nitrogens with zero attached hydrogens (tertiary/aromatic N) is 1. The highest BCUT2D eigenvalue weighted by Gasteiger charge is 2.11. The molecular weight excluding hydrogens is 260 g/mol. The number of thiol groups is 1. The monoisotopic (exact) mass is 276 g/mol. The summed E-state index contributed by atoms with van der Waals surface area (Å²) in [4.78, 5) is 17.1. The van der Waals surface area contributed by atoms with Gasteiger partial charge in [-0.25, -0.2) is 4.98 Å². The lowest BCUT2D eigenvalue weighted by Crippen LogP contribution is -2.23. The summed E-state index contributed by atoms with van der Waals surface area (Å²) < 4.78 is 5.41. The van der Waals surface area contributed by atoms with Crippen molar-refractivity contribution in [1.82, 2.24) is 10.3 Å². The number of aromatic nitrogens is 1. The van der Waals surface area contributed by atoms with E-state index in [1.54, 1.807) is 6.07 Å². The first-order valence-electron chi connectivity index (χ1n) is 5.98. The Kier molecular flexibility index (Phi) is 3.95. The molecule has 0 radical (unpaired) electrons. The fraction of sp³-hybridized carbons (Fsp3) is 0.286. The Hall–Kier alpha value is -1.75. The van der Waals surface area contributed by atoms with E-state index in [0.29, 0.717) is 11.5 Å². The second-order valence-corrected chi connectivity index (χ2v) is 4.95.